The Morgan fingerprint density at radius 2 is 1.96 bits per heavy atom. The summed E-state index contributed by atoms with van der Waals surface area (Å²) in [5, 5.41) is 2.88. The van der Waals surface area contributed by atoms with Gasteiger partial charge < -0.3 is 5.32 Å². The number of piperidine rings is 1. The number of hydrogen-bond acceptors (Lipinski definition) is 3. The van der Waals surface area contributed by atoms with Crippen molar-refractivity contribution >= 4 is 21.7 Å². The zero-order valence-corrected chi connectivity index (χ0v) is 15.8. The fraction of sp³-hybridized carbons (Fsp3) is 0.611. The summed E-state index contributed by atoms with van der Waals surface area (Å²) in [5.74, 6) is 0.585. The molecule has 138 valence electrons. The first-order valence-corrected chi connectivity index (χ1v) is 10.6. The molecule has 0 spiro atoms. The largest absolute Gasteiger partial charge is 0.338 e. The molecule has 1 fully saturated rings. The van der Waals surface area contributed by atoms with Crippen LogP contribution in [0.4, 0.5) is 10.5 Å². The Labute approximate surface area is 150 Å². The summed E-state index contributed by atoms with van der Waals surface area (Å²) in [7, 11) is -3.44. The molecule has 2 heterocycles. The predicted molar refractivity (Wildman–Crippen MR) is 98.3 cm³/mol. The van der Waals surface area contributed by atoms with Gasteiger partial charge in [0, 0.05) is 31.9 Å². The van der Waals surface area contributed by atoms with Gasteiger partial charge in [-0.15, -0.1) is 0 Å². The van der Waals surface area contributed by atoms with Crippen LogP contribution in [-0.2, 0) is 16.4 Å². The Balaban J connectivity index is 1.79. The fourth-order valence-electron chi connectivity index (χ4n) is 3.45. The quantitative estimate of drug-likeness (QED) is 0.892. The molecule has 2 amide bonds. The molecule has 1 aromatic carbocycles. The molecule has 0 saturated carbocycles. The molecule has 0 aromatic heterocycles. The van der Waals surface area contributed by atoms with Gasteiger partial charge in [-0.1, -0.05) is 13.8 Å². The van der Waals surface area contributed by atoms with Gasteiger partial charge in [-0.3, -0.25) is 4.90 Å². The number of urea groups is 1. The van der Waals surface area contributed by atoms with Crippen LogP contribution >= 0.6 is 0 Å². The van der Waals surface area contributed by atoms with Crippen LogP contribution in [0.1, 0.15) is 38.7 Å². The van der Waals surface area contributed by atoms with Gasteiger partial charge >= 0.3 is 6.03 Å². The zero-order valence-electron chi connectivity index (χ0n) is 15.0. The lowest BCUT2D eigenvalue weighted by atomic mass is 10.0. The van der Waals surface area contributed by atoms with Gasteiger partial charge in [0.2, 0.25) is 10.0 Å². The number of nitrogens with one attached hydrogen (secondary N) is 1. The summed E-state index contributed by atoms with van der Waals surface area (Å²) in [6.45, 7) is 6.59. The van der Waals surface area contributed by atoms with Crippen molar-refractivity contribution in [2.75, 3.05) is 31.1 Å². The third kappa shape index (κ3) is 3.67. The molecule has 0 aliphatic carbocycles. The fourth-order valence-corrected chi connectivity index (χ4v) is 4.97. The van der Waals surface area contributed by atoms with E-state index in [0.717, 1.165) is 30.5 Å². The molecule has 3 rings (SSSR count). The number of carbonyl (C=O) groups is 1. The topological polar surface area (TPSA) is 69.7 Å². The van der Waals surface area contributed by atoms with Crippen molar-refractivity contribution in [1.82, 2.24) is 9.62 Å². The average molecular weight is 365 g/mol. The maximum Gasteiger partial charge on any atom is 0.321 e. The summed E-state index contributed by atoms with van der Waals surface area (Å²) in [5.41, 5.74) is 1.75. The van der Waals surface area contributed by atoms with Gasteiger partial charge in [0.15, 0.2) is 0 Å². The first kappa shape index (κ1) is 18.2. The predicted octanol–water partition coefficient (Wildman–Crippen LogP) is 2.59. The van der Waals surface area contributed by atoms with Crippen LogP contribution < -0.4 is 10.2 Å². The first-order valence-electron chi connectivity index (χ1n) is 9.12. The highest BCUT2D eigenvalue weighted by atomic mass is 32.2. The summed E-state index contributed by atoms with van der Waals surface area (Å²) < 4.78 is 27.4. The van der Waals surface area contributed by atoms with Crippen molar-refractivity contribution in [1.29, 1.82) is 0 Å². The van der Waals surface area contributed by atoms with Gasteiger partial charge in [-0.05, 0) is 55.4 Å². The van der Waals surface area contributed by atoms with E-state index in [0.29, 0.717) is 43.4 Å². The minimum Gasteiger partial charge on any atom is -0.338 e. The van der Waals surface area contributed by atoms with E-state index in [1.807, 2.05) is 6.92 Å². The zero-order chi connectivity index (χ0) is 18.0. The third-order valence-corrected chi connectivity index (χ3v) is 6.99. The first-order chi connectivity index (χ1) is 11.9. The van der Waals surface area contributed by atoms with Gasteiger partial charge in [-0.2, -0.15) is 4.31 Å². The SMILES string of the molecule is CCCNC(=O)N1CCc2cc(S(=O)(=O)N3CCC(C)CC3)ccc21. The van der Waals surface area contributed by atoms with E-state index in [2.05, 4.69) is 12.2 Å². The Morgan fingerprint density at radius 1 is 1.24 bits per heavy atom. The second-order valence-corrected chi connectivity index (χ2v) is 8.95. The number of nitrogens with zero attached hydrogens (tertiary/aromatic N) is 2. The Bertz CT molecular complexity index is 740. The van der Waals surface area contributed by atoms with Crippen LogP contribution in [0.5, 0.6) is 0 Å². The summed E-state index contributed by atoms with van der Waals surface area (Å²) in [6, 6.07) is 5.04. The number of benzene rings is 1. The number of hydrogen-bond donors (Lipinski definition) is 1. The normalized spacial score (nSPS) is 19.0. The van der Waals surface area contributed by atoms with Crippen LogP contribution in [0.15, 0.2) is 23.1 Å². The molecule has 25 heavy (non-hydrogen) atoms. The molecule has 0 unspecified atom stereocenters. The van der Waals surface area contributed by atoms with Crippen molar-refractivity contribution in [3.05, 3.63) is 23.8 Å². The summed E-state index contributed by atoms with van der Waals surface area (Å²) in [6.07, 6.45) is 3.40. The minimum absolute atomic E-state index is 0.110. The number of carbonyl (C=O) groups excluding carboxylic acids is 1. The molecule has 1 saturated heterocycles. The van der Waals surface area contributed by atoms with Crippen LogP contribution in [0.2, 0.25) is 0 Å². The van der Waals surface area contributed by atoms with Crippen LogP contribution in [0.25, 0.3) is 0 Å². The van der Waals surface area contributed by atoms with Crippen molar-refractivity contribution in [2.24, 2.45) is 5.92 Å². The molecule has 1 N–H and O–H groups in total. The van der Waals surface area contributed by atoms with Crippen LogP contribution in [0.3, 0.4) is 0 Å². The van der Waals surface area contributed by atoms with Gasteiger partial charge in [-0.25, -0.2) is 13.2 Å². The number of rotatable bonds is 4. The highest BCUT2D eigenvalue weighted by molar-refractivity contribution is 7.89. The lowest BCUT2D eigenvalue weighted by Crippen LogP contribution is -2.39. The van der Waals surface area contributed by atoms with E-state index < -0.39 is 10.0 Å². The lowest BCUT2D eigenvalue weighted by molar-refractivity contribution is 0.247. The third-order valence-electron chi connectivity index (χ3n) is 5.10. The number of fused-ring (bicyclic) bond motifs is 1. The van der Waals surface area contributed by atoms with E-state index in [1.54, 1.807) is 27.4 Å². The highest BCUT2D eigenvalue weighted by Crippen LogP contribution is 2.32. The van der Waals surface area contributed by atoms with Crippen molar-refractivity contribution in [3.63, 3.8) is 0 Å². The molecule has 6 nitrogen and oxygen atoms in total. The molecule has 0 bridgehead atoms. The van der Waals surface area contributed by atoms with Crippen molar-refractivity contribution in [3.8, 4) is 0 Å². The standard InChI is InChI=1S/C18H27N3O3S/c1-3-9-19-18(22)21-12-8-15-13-16(4-5-17(15)21)25(23,24)20-10-6-14(2)7-11-20/h4-5,13-14H,3,6-12H2,1-2H3,(H,19,22). The smallest absolute Gasteiger partial charge is 0.321 e. The second kappa shape index (κ2) is 7.33. The maximum atomic E-state index is 12.9. The molecule has 2 aliphatic heterocycles. The number of anilines is 1. The van der Waals surface area contributed by atoms with Gasteiger partial charge in [0.25, 0.3) is 0 Å². The van der Waals surface area contributed by atoms with Crippen LogP contribution in [-0.4, -0.2) is 44.9 Å². The van der Waals surface area contributed by atoms with Crippen molar-refractivity contribution < 1.29 is 13.2 Å². The van der Waals surface area contributed by atoms with E-state index in [1.165, 1.54) is 0 Å². The highest BCUT2D eigenvalue weighted by Gasteiger charge is 2.30. The molecule has 2 aliphatic rings. The molecular weight excluding hydrogens is 338 g/mol. The summed E-state index contributed by atoms with van der Waals surface area (Å²) in [4.78, 5) is 14.3. The van der Waals surface area contributed by atoms with Crippen molar-refractivity contribution in [2.45, 2.75) is 44.4 Å². The molecule has 7 heteroatoms. The summed E-state index contributed by atoms with van der Waals surface area (Å²) >= 11 is 0. The molecular formula is C18H27N3O3S. The average Bonchev–Trinajstić information content (AvgIpc) is 3.03. The monoisotopic (exact) mass is 365 g/mol. The van der Waals surface area contributed by atoms with E-state index >= 15 is 0 Å². The molecule has 0 atom stereocenters. The van der Waals surface area contributed by atoms with E-state index in [4.69, 9.17) is 0 Å². The van der Waals surface area contributed by atoms with Crippen LogP contribution in [0, 0.1) is 5.92 Å². The maximum absolute atomic E-state index is 12.9. The molecule has 1 aromatic rings. The minimum atomic E-state index is -3.44. The van der Waals surface area contributed by atoms with Gasteiger partial charge in [0.1, 0.15) is 0 Å². The number of sulfonamides is 1. The second-order valence-electron chi connectivity index (χ2n) is 7.01. The lowest BCUT2D eigenvalue weighted by Gasteiger charge is -2.29. The van der Waals surface area contributed by atoms with E-state index in [9.17, 15) is 13.2 Å². The number of amides is 2. The Kier molecular flexibility index (Phi) is 5.34. The van der Waals surface area contributed by atoms with Gasteiger partial charge in [0.05, 0.1) is 4.90 Å². The molecule has 0 radical (unpaired) electrons. The Morgan fingerprint density at radius 3 is 2.64 bits per heavy atom. The van der Waals surface area contributed by atoms with E-state index in [-0.39, 0.29) is 6.03 Å². The Hall–Kier alpha value is -1.60.